The van der Waals surface area contributed by atoms with Crippen molar-refractivity contribution in [3.63, 3.8) is 0 Å². The number of nitrogens with two attached hydrogens (primary N) is 1. The van der Waals surface area contributed by atoms with Crippen molar-refractivity contribution in [2.75, 3.05) is 4.90 Å². The number of hydrogen-bond acceptors (Lipinski definition) is 3. The third-order valence-corrected chi connectivity index (χ3v) is 5.37. The molecule has 3 unspecified atom stereocenters. The average Bonchev–Trinajstić information content (AvgIpc) is 2.75. The Morgan fingerprint density at radius 2 is 1.43 bits per heavy atom. The molecule has 1 saturated carbocycles. The lowest BCUT2D eigenvalue weighted by molar-refractivity contribution is 0.0878. The van der Waals surface area contributed by atoms with E-state index in [1.54, 1.807) is 0 Å². The number of nitrogens with zero attached hydrogens (tertiary/aromatic N) is 1. The van der Waals surface area contributed by atoms with Gasteiger partial charge in [0, 0.05) is 17.4 Å². The highest BCUT2D eigenvalue weighted by Crippen LogP contribution is 2.40. The van der Waals surface area contributed by atoms with Gasteiger partial charge in [-0.15, -0.1) is 0 Å². The molecule has 0 amide bonds. The van der Waals surface area contributed by atoms with E-state index < -0.39 is 6.10 Å². The van der Waals surface area contributed by atoms with Crippen molar-refractivity contribution in [1.29, 1.82) is 0 Å². The summed E-state index contributed by atoms with van der Waals surface area (Å²) in [5.74, 6) is 0. The molecule has 0 aromatic heterocycles. The fourth-order valence-corrected chi connectivity index (χ4v) is 4.14. The average molecular weight is 308 g/mol. The van der Waals surface area contributed by atoms with Crippen LogP contribution >= 0.6 is 0 Å². The predicted molar refractivity (Wildman–Crippen MR) is 94.1 cm³/mol. The van der Waals surface area contributed by atoms with Gasteiger partial charge in [-0.05, 0) is 55.4 Å². The molecule has 23 heavy (non-hydrogen) atoms. The monoisotopic (exact) mass is 308 g/mol. The summed E-state index contributed by atoms with van der Waals surface area (Å²) in [6, 6.07) is 17.1. The number of hydrogen-bond donors (Lipinski definition) is 2. The van der Waals surface area contributed by atoms with Crippen LogP contribution in [0.4, 0.5) is 11.4 Å². The minimum absolute atomic E-state index is 0.0548. The van der Waals surface area contributed by atoms with Gasteiger partial charge < -0.3 is 15.7 Å². The van der Waals surface area contributed by atoms with Crippen LogP contribution in [0.3, 0.4) is 0 Å². The third kappa shape index (κ3) is 2.54. The summed E-state index contributed by atoms with van der Waals surface area (Å²) in [5.41, 5.74) is 11.4. The van der Waals surface area contributed by atoms with Crippen molar-refractivity contribution >= 4 is 11.4 Å². The molecule has 1 fully saturated rings. The van der Waals surface area contributed by atoms with Crippen LogP contribution in [0, 0.1) is 0 Å². The maximum absolute atomic E-state index is 10.8. The Kier molecular flexibility index (Phi) is 3.83. The van der Waals surface area contributed by atoms with Gasteiger partial charge in [-0.1, -0.05) is 36.4 Å². The highest BCUT2D eigenvalue weighted by atomic mass is 16.3. The Balaban J connectivity index is 1.86. The normalized spacial score (nSPS) is 27.0. The van der Waals surface area contributed by atoms with E-state index in [2.05, 4.69) is 53.4 Å². The Morgan fingerprint density at radius 3 is 2.04 bits per heavy atom. The molecule has 3 heteroatoms. The van der Waals surface area contributed by atoms with Crippen molar-refractivity contribution in [2.45, 2.75) is 50.3 Å². The van der Waals surface area contributed by atoms with Gasteiger partial charge in [0.1, 0.15) is 0 Å². The summed E-state index contributed by atoms with van der Waals surface area (Å²) < 4.78 is 0. The molecule has 1 heterocycles. The maximum atomic E-state index is 10.8. The van der Waals surface area contributed by atoms with Crippen LogP contribution in [0.5, 0.6) is 0 Å². The summed E-state index contributed by atoms with van der Waals surface area (Å²) in [4.78, 5) is 2.36. The number of aryl methyl sites for hydroxylation is 2. The predicted octanol–water partition coefficient (Wildman–Crippen LogP) is 3.16. The van der Waals surface area contributed by atoms with Crippen LogP contribution in [0.25, 0.3) is 0 Å². The number of aliphatic hydroxyl groups excluding tert-OH is 1. The maximum Gasteiger partial charge on any atom is 0.0897 e. The first-order valence-corrected chi connectivity index (χ1v) is 8.64. The minimum Gasteiger partial charge on any atom is -0.389 e. The fourth-order valence-electron chi connectivity index (χ4n) is 4.14. The lowest BCUT2D eigenvalue weighted by Gasteiger charge is -2.42. The van der Waals surface area contributed by atoms with Crippen molar-refractivity contribution in [1.82, 2.24) is 0 Å². The van der Waals surface area contributed by atoms with E-state index in [9.17, 15) is 5.11 Å². The molecule has 4 rings (SSSR count). The standard InChI is InChI=1S/C20H24N2O/c21-16-8-5-11-19(20(16)23)22-17-9-3-1-6-14(17)12-13-15-7-2-4-10-18(15)22/h1-4,6-7,9-10,16,19-20,23H,5,8,11-13,21H2. The van der Waals surface area contributed by atoms with E-state index in [4.69, 9.17) is 5.73 Å². The third-order valence-electron chi connectivity index (χ3n) is 5.37. The molecule has 0 bridgehead atoms. The Hall–Kier alpha value is -1.84. The molecule has 3 N–H and O–H groups in total. The molecule has 0 radical (unpaired) electrons. The lowest BCUT2D eigenvalue weighted by Crippen LogP contribution is -2.53. The lowest BCUT2D eigenvalue weighted by atomic mass is 9.86. The topological polar surface area (TPSA) is 49.5 Å². The molecular formula is C20H24N2O. The van der Waals surface area contributed by atoms with Crippen molar-refractivity contribution in [3.8, 4) is 0 Å². The summed E-state index contributed by atoms with van der Waals surface area (Å²) in [7, 11) is 0. The largest absolute Gasteiger partial charge is 0.389 e. The minimum atomic E-state index is -0.483. The zero-order valence-corrected chi connectivity index (χ0v) is 13.4. The second kappa shape index (κ2) is 5.99. The molecule has 1 aliphatic carbocycles. The smallest absolute Gasteiger partial charge is 0.0897 e. The van der Waals surface area contributed by atoms with Crippen LogP contribution in [-0.4, -0.2) is 23.3 Å². The van der Waals surface area contributed by atoms with Crippen LogP contribution in [0.1, 0.15) is 30.4 Å². The molecule has 3 atom stereocenters. The van der Waals surface area contributed by atoms with Crippen molar-refractivity contribution in [2.24, 2.45) is 5.73 Å². The van der Waals surface area contributed by atoms with Crippen LogP contribution in [0.15, 0.2) is 48.5 Å². The van der Waals surface area contributed by atoms with Crippen LogP contribution in [-0.2, 0) is 12.8 Å². The second-order valence-corrected chi connectivity index (χ2v) is 6.78. The van der Waals surface area contributed by atoms with Crippen molar-refractivity contribution in [3.05, 3.63) is 59.7 Å². The summed E-state index contributed by atoms with van der Waals surface area (Å²) in [6.45, 7) is 0. The quantitative estimate of drug-likeness (QED) is 0.851. The zero-order chi connectivity index (χ0) is 15.8. The van der Waals surface area contributed by atoms with Gasteiger partial charge >= 0.3 is 0 Å². The Morgan fingerprint density at radius 1 is 0.870 bits per heavy atom. The fraction of sp³-hybridized carbons (Fsp3) is 0.400. The Bertz CT molecular complexity index is 652. The van der Waals surface area contributed by atoms with E-state index >= 15 is 0 Å². The van der Waals surface area contributed by atoms with Gasteiger partial charge in [-0.3, -0.25) is 0 Å². The molecule has 0 spiro atoms. The molecular weight excluding hydrogens is 284 g/mol. The van der Waals surface area contributed by atoms with E-state index in [1.165, 1.54) is 22.5 Å². The Labute approximate surface area is 137 Å². The zero-order valence-electron chi connectivity index (χ0n) is 13.4. The molecule has 2 aliphatic rings. The van der Waals surface area contributed by atoms with E-state index in [0.717, 1.165) is 32.1 Å². The van der Waals surface area contributed by atoms with Crippen LogP contribution in [0.2, 0.25) is 0 Å². The number of aliphatic hydroxyl groups is 1. The van der Waals surface area contributed by atoms with Gasteiger partial charge in [0.05, 0.1) is 12.1 Å². The number of benzene rings is 2. The first-order chi connectivity index (χ1) is 11.3. The van der Waals surface area contributed by atoms with Gasteiger partial charge in [0.15, 0.2) is 0 Å². The molecule has 3 nitrogen and oxygen atoms in total. The van der Waals surface area contributed by atoms with E-state index in [-0.39, 0.29) is 12.1 Å². The van der Waals surface area contributed by atoms with Crippen molar-refractivity contribution < 1.29 is 5.11 Å². The highest BCUT2D eigenvalue weighted by molar-refractivity contribution is 5.72. The summed E-state index contributed by atoms with van der Waals surface area (Å²) in [5, 5.41) is 10.8. The molecule has 120 valence electrons. The van der Waals surface area contributed by atoms with Crippen LogP contribution < -0.4 is 10.6 Å². The first-order valence-electron chi connectivity index (χ1n) is 8.64. The van der Waals surface area contributed by atoms with E-state index in [0.29, 0.717) is 0 Å². The molecule has 2 aromatic carbocycles. The van der Waals surface area contributed by atoms with Gasteiger partial charge in [0.25, 0.3) is 0 Å². The van der Waals surface area contributed by atoms with Gasteiger partial charge in [-0.25, -0.2) is 0 Å². The number of rotatable bonds is 1. The number of fused-ring (bicyclic) bond motifs is 2. The molecule has 0 saturated heterocycles. The van der Waals surface area contributed by atoms with Gasteiger partial charge in [0.2, 0.25) is 0 Å². The molecule has 1 aliphatic heterocycles. The first kappa shape index (κ1) is 14.7. The van der Waals surface area contributed by atoms with Gasteiger partial charge in [-0.2, -0.15) is 0 Å². The molecule has 2 aromatic rings. The SMILES string of the molecule is NC1CCCC(N2c3ccccc3CCc3ccccc32)C1O. The number of para-hydroxylation sites is 2. The highest BCUT2D eigenvalue weighted by Gasteiger charge is 2.36. The second-order valence-electron chi connectivity index (χ2n) is 6.78. The summed E-state index contributed by atoms with van der Waals surface area (Å²) in [6.07, 6.45) is 4.57. The summed E-state index contributed by atoms with van der Waals surface area (Å²) >= 11 is 0. The number of anilines is 2. The van der Waals surface area contributed by atoms with E-state index in [1.807, 2.05) is 0 Å².